The fourth-order valence-electron chi connectivity index (χ4n) is 1.60. The average Bonchev–Trinajstić information content (AvgIpc) is 2.84. The molecule has 2 aromatic heterocycles. The third-order valence-electron chi connectivity index (χ3n) is 2.41. The normalized spacial score (nSPS) is 10.7. The summed E-state index contributed by atoms with van der Waals surface area (Å²) in [6.45, 7) is 2.01. The molecule has 0 aromatic carbocycles. The van der Waals surface area contributed by atoms with Crippen LogP contribution in [-0.4, -0.2) is 25.6 Å². The number of carbonyl (C=O) groups is 1. The van der Waals surface area contributed by atoms with Crippen molar-refractivity contribution in [3.63, 3.8) is 0 Å². The molecule has 90 valence electrons. The summed E-state index contributed by atoms with van der Waals surface area (Å²) in [4.78, 5) is 19.9. The number of thiazole rings is 1. The van der Waals surface area contributed by atoms with E-state index in [0.717, 1.165) is 12.1 Å². The van der Waals surface area contributed by atoms with E-state index in [2.05, 4.69) is 9.97 Å². The number of carboxylic acids is 1. The monoisotopic (exact) mass is 251 g/mol. The Labute approximate surface area is 103 Å². The predicted molar refractivity (Wildman–Crippen MR) is 65.3 cm³/mol. The van der Waals surface area contributed by atoms with Gasteiger partial charge in [-0.1, -0.05) is 13.3 Å². The number of aromatic nitrogens is 3. The van der Waals surface area contributed by atoms with Gasteiger partial charge in [0.1, 0.15) is 9.88 Å². The molecule has 0 radical (unpaired) electrons. The summed E-state index contributed by atoms with van der Waals surface area (Å²) in [5.41, 5.74) is 1.51. The van der Waals surface area contributed by atoms with E-state index < -0.39 is 5.97 Å². The second-order valence-corrected chi connectivity index (χ2v) is 4.74. The molecular formula is C11H13N3O2S. The van der Waals surface area contributed by atoms with Crippen molar-refractivity contribution in [3.05, 3.63) is 23.1 Å². The molecule has 5 nitrogen and oxygen atoms in total. The smallest absolute Gasteiger partial charge is 0.347 e. The molecule has 0 fully saturated rings. The quantitative estimate of drug-likeness (QED) is 0.904. The van der Waals surface area contributed by atoms with E-state index in [1.54, 1.807) is 12.5 Å². The first-order valence-corrected chi connectivity index (χ1v) is 6.14. The third-order valence-corrected chi connectivity index (χ3v) is 3.52. The van der Waals surface area contributed by atoms with Crippen LogP contribution in [0.4, 0.5) is 0 Å². The van der Waals surface area contributed by atoms with Crippen molar-refractivity contribution in [2.24, 2.45) is 7.05 Å². The Kier molecular flexibility index (Phi) is 3.23. The second kappa shape index (κ2) is 4.67. The van der Waals surface area contributed by atoms with Crippen molar-refractivity contribution in [1.82, 2.24) is 14.5 Å². The van der Waals surface area contributed by atoms with Gasteiger partial charge in [0.25, 0.3) is 0 Å². The summed E-state index contributed by atoms with van der Waals surface area (Å²) < 4.78 is 1.83. The van der Waals surface area contributed by atoms with E-state index in [1.165, 1.54) is 11.3 Å². The zero-order valence-corrected chi connectivity index (χ0v) is 10.5. The highest BCUT2D eigenvalue weighted by Crippen LogP contribution is 2.28. The van der Waals surface area contributed by atoms with E-state index >= 15 is 0 Å². The Morgan fingerprint density at radius 3 is 2.88 bits per heavy atom. The van der Waals surface area contributed by atoms with Gasteiger partial charge in [0.15, 0.2) is 0 Å². The van der Waals surface area contributed by atoms with Crippen LogP contribution in [0.15, 0.2) is 12.5 Å². The molecule has 0 bridgehead atoms. The highest BCUT2D eigenvalue weighted by atomic mass is 32.1. The molecule has 0 unspecified atom stereocenters. The number of imidazole rings is 1. The van der Waals surface area contributed by atoms with Gasteiger partial charge >= 0.3 is 5.97 Å². The topological polar surface area (TPSA) is 68.0 Å². The molecule has 2 aromatic rings. The highest BCUT2D eigenvalue weighted by molar-refractivity contribution is 7.17. The Hall–Kier alpha value is -1.69. The number of carboxylic acid groups (broad SMARTS) is 1. The molecule has 17 heavy (non-hydrogen) atoms. The number of hydrogen-bond acceptors (Lipinski definition) is 4. The molecule has 0 saturated carbocycles. The second-order valence-electron chi connectivity index (χ2n) is 3.74. The maximum absolute atomic E-state index is 11.1. The molecule has 2 rings (SSSR count). The third kappa shape index (κ3) is 2.21. The van der Waals surface area contributed by atoms with Crippen LogP contribution in [-0.2, 0) is 13.5 Å². The molecule has 6 heteroatoms. The largest absolute Gasteiger partial charge is 0.477 e. The summed E-state index contributed by atoms with van der Waals surface area (Å²) in [6.07, 6.45) is 4.95. The molecule has 0 spiro atoms. The van der Waals surface area contributed by atoms with Crippen molar-refractivity contribution < 1.29 is 9.90 Å². The summed E-state index contributed by atoms with van der Waals surface area (Å²) in [5, 5.41) is 9.83. The van der Waals surface area contributed by atoms with E-state index in [0.29, 0.717) is 22.0 Å². The zero-order valence-electron chi connectivity index (χ0n) is 9.67. The summed E-state index contributed by atoms with van der Waals surface area (Å²) >= 11 is 1.21. The van der Waals surface area contributed by atoms with Gasteiger partial charge in [-0.15, -0.1) is 11.3 Å². The molecule has 0 atom stereocenters. The predicted octanol–water partition coefficient (Wildman–Crippen LogP) is 2.19. The lowest BCUT2D eigenvalue weighted by molar-refractivity contribution is 0.0700. The fourth-order valence-corrected chi connectivity index (χ4v) is 2.60. The van der Waals surface area contributed by atoms with Crippen LogP contribution >= 0.6 is 11.3 Å². The van der Waals surface area contributed by atoms with E-state index in [-0.39, 0.29) is 0 Å². The maximum atomic E-state index is 11.1. The molecule has 1 N–H and O–H groups in total. The molecule has 0 amide bonds. The summed E-state index contributed by atoms with van der Waals surface area (Å²) in [6, 6.07) is 0. The van der Waals surface area contributed by atoms with E-state index in [1.807, 2.05) is 18.5 Å². The van der Waals surface area contributed by atoms with E-state index in [9.17, 15) is 4.79 Å². The Balaban J connectivity index is 2.47. The lowest BCUT2D eigenvalue weighted by atomic mass is 10.2. The number of rotatable bonds is 4. The van der Waals surface area contributed by atoms with Crippen molar-refractivity contribution in [1.29, 1.82) is 0 Å². The van der Waals surface area contributed by atoms with Crippen molar-refractivity contribution >= 4 is 17.3 Å². The molecular weight excluding hydrogens is 238 g/mol. The van der Waals surface area contributed by atoms with E-state index in [4.69, 9.17) is 5.11 Å². The van der Waals surface area contributed by atoms with Gasteiger partial charge in [0.2, 0.25) is 0 Å². The van der Waals surface area contributed by atoms with Crippen LogP contribution in [0.1, 0.15) is 28.7 Å². The first-order chi connectivity index (χ1) is 8.13. The lowest BCUT2D eigenvalue weighted by Crippen LogP contribution is -1.98. The minimum atomic E-state index is -0.903. The SMILES string of the molecule is CCCc1nc(-c2cncn2C)sc1C(=O)O. The Morgan fingerprint density at radius 2 is 2.35 bits per heavy atom. The minimum Gasteiger partial charge on any atom is -0.477 e. The van der Waals surface area contributed by atoms with Crippen LogP contribution in [0.3, 0.4) is 0 Å². The van der Waals surface area contributed by atoms with Gasteiger partial charge in [-0.3, -0.25) is 0 Å². The van der Waals surface area contributed by atoms with Crippen LogP contribution in [0.25, 0.3) is 10.7 Å². The van der Waals surface area contributed by atoms with Gasteiger partial charge in [0.05, 0.1) is 23.9 Å². The number of aryl methyl sites for hydroxylation is 2. The zero-order chi connectivity index (χ0) is 12.4. The van der Waals surface area contributed by atoms with Gasteiger partial charge in [-0.25, -0.2) is 14.8 Å². The summed E-state index contributed by atoms with van der Waals surface area (Å²) in [5.74, 6) is -0.903. The Morgan fingerprint density at radius 1 is 1.59 bits per heavy atom. The van der Waals surface area contributed by atoms with Crippen LogP contribution < -0.4 is 0 Å². The first kappa shape index (κ1) is 11.8. The van der Waals surface area contributed by atoms with Crippen molar-refractivity contribution in [2.75, 3.05) is 0 Å². The standard InChI is InChI=1S/C11H13N3O2S/c1-3-4-7-9(11(15)16)17-10(13-7)8-5-12-6-14(8)2/h5-6H,3-4H2,1-2H3,(H,15,16). The fraction of sp³-hybridized carbons (Fsp3) is 0.364. The van der Waals surface area contributed by atoms with Crippen LogP contribution in [0.2, 0.25) is 0 Å². The van der Waals surface area contributed by atoms with Crippen LogP contribution in [0.5, 0.6) is 0 Å². The molecule has 0 aliphatic rings. The minimum absolute atomic E-state index is 0.336. The van der Waals surface area contributed by atoms with Gasteiger partial charge in [-0.2, -0.15) is 0 Å². The lowest BCUT2D eigenvalue weighted by Gasteiger charge is -1.95. The van der Waals surface area contributed by atoms with Crippen molar-refractivity contribution in [3.8, 4) is 10.7 Å². The van der Waals surface area contributed by atoms with Crippen LogP contribution in [0, 0.1) is 0 Å². The molecule has 0 aliphatic heterocycles. The number of aromatic carboxylic acids is 1. The van der Waals surface area contributed by atoms with Gasteiger partial charge in [-0.05, 0) is 6.42 Å². The number of hydrogen-bond donors (Lipinski definition) is 1. The molecule has 0 saturated heterocycles. The van der Waals surface area contributed by atoms with Crippen molar-refractivity contribution in [2.45, 2.75) is 19.8 Å². The Bertz CT molecular complexity index is 545. The molecule has 2 heterocycles. The molecule has 0 aliphatic carbocycles. The first-order valence-electron chi connectivity index (χ1n) is 5.33. The number of nitrogens with zero attached hydrogens (tertiary/aromatic N) is 3. The average molecular weight is 251 g/mol. The summed E-state index contributed by atoms with van der Waals surface area (Å²) in [7, 11) is 1.86. The van der Waals surface area contributed by atoms with Gasteiger partial charge < -0.3 is 9.67 Å². The maximum Gasteiger partial charge on any atom is 0.347 e. The highest BCUT2D eigenvalue weighted by Gasteiger charge is 2.18. The van der Waals surface area contributed by atoms with Gasteiger partial charge in [0, 0.05) is 7.05 Å².